The van der Waals surface area contributed by atoms with Gasteiger partial charge in [-0.1, -0.05) is 30.3 Å². The van der Waals surface area contributed by atoms with Gasteiger partial charge in [0.25, 0.3) is 5.91 Å². The van der Waals surface area contributed by atoms with Gasteiger partial charge in [0.05, 0.1) is 0 Å². The van der Waals surface area contributed by atoms with Crippen LogP contribution >= 0.6 is 24.8 Å². The molecule has 2 aromatic rings. The highest BCUT2D eigenvalue weighted by Gasteiger charge is 2.27. The van der Waals surface area contributed by atoms with E-state index in [1.165, 1.54) is 11.6 Å². The van der Waals surface area contributed by atoms with Crippen LogP contribution in [0.4, 0.5) is 4.39 Å². The van der Waals surface area contributed by atoms with E-state index in [1.807, 2.05) is 29.2 Å². The lowest BCUT2D eigenvalue weighted by molar-refractivity contribution is 0.0627. The molecule has 2 heterocycles. The molecule has 0 aliphatic carbocycles. The molecule has 2 aliphatic heterocycles. The molecule has 7 heteroatoms. The van der Waals surface area contributed by atoms with Crippen LogP contribution in [0, 0.1) is 5.82 Å². The second-order valence-electron chi connectivity index (χ2n) is 7.48. The number of halogens is 3. The van der Waals surface area contributed by atoms with Crippen LogP contribution < -0.4 is 5.32 Å². The Labute approximate surface area is 184 Å². The van der Waals surface area contributed by atoms with Crippen molar-refractivity contribution in [2.24, 2.45) is 0 Å². The fourth-order valence-electron chi connectivity index (χ4n) is 4.14. The quantitative estimate of drug-likeness (QED) is 0.788. The summed E-state index contributed by atoms with van der Waals surface area (Å²) in [6.45, 7) is 5.75. The zero-order valence-electron chi connectivity index (χ0n) is 16.4. The lowest BCUT2D eigenvalue weighted by atomic mass is 9.93. The first-order valence-corrected chi connectivity index (χ1v) is 9.76. The number of nitrogens with one attached hydrogen (secondary N) is 1. The summed E-state index contributed by atoms with van der Waals surface area (Å²) in [6.07, 6.45) is 1.09. The van der Waals surface area contributed by atoms with Crippen LogP contribution in [0.15, 0.2) is 48.5 Å². The van der Waals surface area contributed by atoms with Gasteiger partial charge in [0.2, 0.25) is 0 Å². The number of piperazine rings is 1. The van der Waals surface area contributed by atoms with Crippen LogP contribution in [-0.4, -0.2) is 55.0 Å². The number of hydrogen-bond donors (Lipinski definition) is 1. The Morgan fingerprint density at radius 3 is 2.48 bits per heavy atom. The summed E-state index contributed by atoms with van der Waals surface area (Å²) in [5, 5.41) is 3.39. The van der Waals surface area contributed by atoms with Gasteiger partial charge in [-0.15, -0.1) is 24.8 Å². The Hall–Kier alpha value is -1.66. The molecule has 2 fully saturated rings. The SMILES string of the molecule is Cl.Cl.O=C(c1ccccc1C1CCNC1)N1CCN(Cc2cccc(F)c2)CC1. The van der Waals surface area contributed by atoms with Crippen molar-refractivity contribution in [1.29, 1.82) is 0 Å². The lowest BCUT2D eigenvalue weighted by Crippen LogP contribution is -2.48. The molecule has 2 aromatic carbocycles. The minimum absolute atomic E-state index is 0. The molecule has 29 heavy (non-hydrogen) atoms. The molecular formula is C22H28Cl2FN3O. The van der Waals surface area contributed by atoms with E-state index in [4.69, 9.17) is 0 Å². The maximum atomic E-state index is 13.4. The summed E-state index contributed by atoms with van der Waals surface area (Å²) in [7, 11) is 0. The first-order valence-electron chi connectivity index (χ1n) is 9.76. The highest BCUT2D eigenvalue weighted by molar-refractivity contribution is 5.96. The van der Waals surface area contributed by atoms with Crippen molar-refractivity contribution in [3.63, 3.8) is 0 Å². The summed E-state index contributed by atoms with van der Waals surface area (Å²) in [5.41, 5.74) is 3.01. The van der Waals surface area contributed by atoms with Crippen molar-refractivity contribution in [2.75, 3.05) is 39.3 Å². The highest BCUT2D eigenvalue weighted by Crippen LogP contribution is 2.26. The van der Waals surface area contributed by atoms with Crippen molar-refractivity contribution in [2.45, 2.75) is 18.9 Å². The maximum Gasteiger partial charge on any atom is 0.254 e. The van der Waals surface area contributed by atoms with Gasteiger partial charge in [0.15, 0.2) is 0 Å². The monoisotopic (exact) mass is 439 g/mol. The molecule has 158 valence electrons. The van der Waals surface area contributed by atoms with E-state index < -0.39 is 0 Å². The molecule has 0 aromatic heterocycles. The first-order chi connectivity index (χ1) is 13.2. The number of carbonyl (C=O) groups is 1. The normalized spacial score (nSPS) is 19.3. The fourth-order valence-corrected chi connectivity index (χ4v) is 4.14. The number of nitrogens with zero attached hydrogens (tertiary/aromatic N) is 2. The maximum absolute atomic E-state index is 13.4. The summed E-state index contributed by atoms with van der Waals surface area (Å²) in [6, 6.07) is 14.8. The highest BCUT2D eigenvalue weighted by atomic mass is 35.5. The van der Waals surface area contributed by atoms with Gasteiger partial charge in [-0.2, -0.15) is 0 Å². The third kappa shape index (κ3) is 5.70. The fraction of sp³-hybridized carbons (Fsp3) is 0.409. The van der Waals surface area contributed by atoms with Gasteiger partial charge in [-0.25, -0.2) is 4.39 Å². The molecule has 1 unspecified atom stereocenters. The third-order valence-corrected chi connectivity index (χ3v) is 5.65. The lowest BCUT2D eigenvalue weighted by Gasteiger charge is -2.35. The summed E-state index contributed by atoms with van der Waals surface area (Å²) in [5.74, 6) is 0.377. The molecule has 0 radical (unpaired) electrons. The molecule has 1 N–H and O–H groups in total. The molecule has 1 amide bonds. The van der Waals surface area contributed by atoms with E-state index in [0.717, 1.165) is 50.3 Å². The van der Waals surface area contributed by atoms with Crippen molar-refractivity contribution >= 4 is 30.7 Å². The van der Waals surface area contributed by atoms with E-state index in [1.54, 1.807) is 12.1 Å². The van der Waals surface area contributed by atoms with E-state index in [0.29, 0.717) is 19.0 Å². The van der Waals surface area contributed by atoms with Gasteiger partial charge < -0.3 is 10.2 Å². The Morgan fingerprint density at radius 1 is 1.03 bits per heavy atom. The zero-order valence-corrected chi connectivity index (χ0v) is 18.0. The molecule has 0 saturated carbocycles. The average Bonchev–Trinajstić information content (AvgIpc) is 3.23. The topological polar surface area (TPSA) is 35.6 Å². The van der Waals surface area contributed by atoms with Crippen molar-refractivity contribution in [3.05, 3.63) is 71.0 Å². The Bertz CT molecular complexity index is 806. The van der Waals surface area contributed by atoms with Crippen molar-refractivity contribution < 1.29 is 9.18 Å². The average molecular weight is 440 g/mol. The molecule has 4 rings (SSSR count). The van der Waals surface area contributed by atoms with Gasteiger partial charge in [-0.3, -0.25) is 9.69 Å². The van der Waals surface area contributed by atoms with E-state index in [-0.39, 0.29) is 36.5 Å². The third-order valence-electron chi connectivity index (χ3n) is 5.65. The van der Waals surface area contributed by atoms with Crippen LogP contribution in [0.5, 0.6) is 0 Å². The number of carbonyl (C=O) groups excluding carboxylic acids is 1. The molecule has 0 bridgehead atoms. The molecule has 4 nitrogen and oxygen atoms in total. The van der Waals surface area contributed by atoms with Crippen molar-refractivity contribution in [1.82, 2.24) is 15.1 Å². The predicted molar refractivity (Wildman–Crippen MR) is 119 cm³/mol. The number of hydrogen-bond acceptors (Lipinski definition) is 3. The number of benzene rings is 2. The van der Waals surface area contributed by atoms with Gasteiger partial charge in [-0.05, 0) is 48.2 Å². The Balaban J connectivity index is 0.00000150. The van der Waals surface area contributed by atoms with Crippen LogP contribution in [0.25, 0.3) is 0 Å². The van der Waals surface area contributed by atoms with Crippen LogP contribution in [0.2, 0.25) is 0 Å². The van der Waals surface area contributed by atoms with E-state index in [2.05, 4.69) is 16.3 Å². The first kappa shape index (κ1) is 23.6. The summed E-state index contributed by atoms with van der Waals surface area (Å²) in [4.78, 5) is 17.4. The second kappa shape index (κ2) is 10.9. The van der Waals surface area contributed by atoms with Crippen LogP contribution in [-0.2, 0) is 6.54 Å². The van der Waals surface area contributed by atoms with Gasteiger partial charge >= 0.3 is 0 Å². The standard InChI is InChI=1S/C22H26FN3O.2ClH/c23-19-5-3-4-17(14-19)16-25-10-12-26(13-11-25)22(27)21-7-2-1-6-20(21)18-8-9-24-15-18;;/h1-7,14,18,24H,8-13,15-16H2;2*1H. The van der Waals surface area contributed by atoms with E-state index in [9.17, 15) is 9.18 Å². The van der Waals surface area contributed by atoms with Gasteiger partial charge in [0.1, 0.15) is 5.82 Å². The largest absolute Gasteiger partial charge is 0.336 e. The number of amides is 1. The minimum atomic E-state index is -0.195. The Kier molecular flexibility index (Phi) is 8.90. The van der Waals surface area contributed by atoms with Crippen LogP contribution in [0.3, 0.4) is 0 Å². The molecule has 0 spiro atoms. The van der Waals surface area contributed by atoms with Crippen molar-refractivity contribution in [3.8, 4) is 0 Å². The summed E-state index contributed by atoms with van der Waals surface area (Å²) >= 11 is 0. The molecule has 1 atom stereocenters. The van der Waals surface area contributed by atoms with Crippen LogP contribution in [0.1, 0.15) is 33.8 Å². The van der Waals surface area contributed by atoms with Gasteiger partial charge in [0, 0.05) is 44.8 Å². The predicted octanol–water partition coefficient (Wildman–Crippen LogP) is 3.70. The molecular weight excluding hydrogens is 412 g/mol. The molecule has 2 saturated heterocycles. The molecule has 2 aliphatic rings. The van der Waals surface area contributed by atoms with E-state index >= 15 is 0 Å². The smallest absolute Gasteiger partial charge is 0.254 e. The summed E-state index contributed by atoms with van der Waals surface area (Å²) < 4.78 is 13.4. The zero-order chi connectivity index (χ0) is 18.6. The minimum Gasteiger partial charge on any atom is -0.336 e. The number of rotatable bonds is 4. The second-order valence-corrected chi connectivity index (χ2v) is 7.48. The Morgan fingerprint density at radius 2 is 1.79 bits per heavy atom.